The third kappa shape index (κ3) is 5.18. The molecule has 0 N–H and O–H groups in total. The minimum Gasteiger partial charge on any atom is -0.497 e. The average molecular weight is 367 g/mol. The van der Waals surface area contributed by atoms with Crippen LogP contribution in [0.15, 0.2) is 54.6 Å². The zero-order valence-corrected chi connectivity index (χ0v) is 15.1. The lowest BCUT2D eigenvalue weighted by Crippen LogP contribution is -2.42. The predicted molar refractivity (Wildman–Crippen MR) is 101 cm³/mol. The first-order valence-electron chi connectivity index (χ1n) is 8.67. The molecule has 1 amide bonds. The summed E-state index contributed by atoms with van der Waals surface area (Å²) in [7, 11) is 1.58. The fourth-order valence-electron chi connectivity index (χ4n) is 2.58. The number of hydrogen-bond acceptors (Lipinski definition) is 5. The van der Waals surface area contributed by atoms with Gasteiger partial charge in [-0.1, -0.05) is 18.2 Å². The van der Waals surface area contributed by atoms with Crippen LogP contribution < -0.4 is 9.47 Å². The molecule has 0 aliphatic carbocycles. The summed E-state index contributed by atoms with van der Waals surface area (Å²) in [5, 5.41) is 0. The lowest BCUT2D eigenvalue weighted by Gasteiger charge is -2.25. The lowest BCUT2D eigenvalue weighted by molar-refractivity contribution is 0.0416. The number of amides is 1. The molecule has 2 aromatic carbocycles. The van der Waals surface area contributed by atoms with Crippen molar-refractivity contribution < 1.29 is 23.8 Å². The van der Waals surface area contributed by atoms with Crippen LogP contribution in [0.4, 0.5) is 4.79 Å². The highest BCUT2D eigenvalue weighted by Crippen LogP contribution is 2.16. The summed E-state index contributed by atoms with van der Waals surface area (Å²) in [6.07, 6.45) is 2.85. The molecular weight excluding hydrogens is 346 g/mol. The summed E-state index contributed by atoms with van der Waals surface area (Å²) in [5.74, 6) is 1.07. The second-order valence-electron chi connectivity index (χ2n) is 5.96. The molecular formula is C21H21NO5. The monoisotopic (exact) mass is 367 g/mol. The van der Waals surface area contributed by atoms with Crippen LogP contribution in [0.2, 0.25) is 0 Å². The Kier molecular flexibility index (Phi) is 6.22. The maximum Gasteiger partial charge on any atom is 0.415 e. The molecule has 0 spiro atoms. The van der Waals surface area contributed by atoms with E-state index in [1.54, 1.807) is 66.6 Å². The Morgan fingerprint density at radius 2 is 1.59 bits per heavy atom. The first-order valence-corrected chi connectivity index (χ1v) is 8.67. The number of ether oxygens (including phenoxy) is 3. The number of nitrogens with zero attached hydrogens (tertiary/aromatic N) is 1. The van der Waals surface area contributed by atoms with Crippen LogP contribution in [0.5, 0.6) is 11.5 Å². The maximum absolute atomic E-state index is 12.2. The van der Waals surface area contributed by atoms with Gasteiger partial charge in [-0.2, -0.15) is 0 Å². The van der Waals surface area contributed by atoms with Gasteiger partial charge in [0.15, 0.2) is 5.78 Å². The molecule has 3 rings (SSSR count). The highest BCUT2D eigenvalue weighted by atomic mass is 16.6. The summed E-state index contributed by atoms with van der Waals surface area (Å²) >= 11 is 0. The number of ketones is 1. The van der Waals surface area contributed by atoms with E-state index in [1.807, 2.05) is 0 Å². The predicted octanol–water partition coefficient (Wildman–Crippen LogP) is 3.42. The fraction of sp³-hybridized carbons (Fsp3) is 0.238. The summed E-state index contributed by atoms with van der Waals surface area (Å²) in [4.78, 5) is 25.9. The van der Waals surface area contributed by atoms with E-state index in [2.05, 4.69) is 0 Å². The fourth-order valence-corrected chi connectivity index (χ4v) is 2.58. The SMILES string of the molecule is COc1ccc(C(=O)/C=C/c2ccc(OC(=O)N3CCOCC3)cc2)cc1. The normalized spacial score (nSPS) is 14.2. The molecule has 27 heavy (non-hydrogen) atoms. The largest absolute Gasteiger partial charge is 0.497 e. The molecule has 0 radical (unpaired) electrons. The number of carbonyl (C=O) groups excluding carboxylic acids is 2. The zero-order valence-electron chi connectivity index (χ0n) is 15.1. The Hall–Kier alpha value is -3.12. The molecule has 2 aromatic rings. The third-order valence-electron chi connectivity index (χ3n) is 4.16. The summed E-state index contributed by atoms with van der Waals surface area (Å²) < 4.78 is 15.6. The molecule has 6 heteroatoms. The van der Waals surface area contributed by atoms with Crippen LogP contribution in [-0.2, 0) is 4.74 Å². The Labute approximate surface area is 158 Å². The van der Waals surface area contributed by atoms with Crippen LogP contribution in [-0.4, -0.2) is 50.2 Å². The molecule has 1 fully saturated rings. The number of rotatable bonds is 5. The van der Waals surface area contributed by atoms with Crippen molar-refractivity contribution in [2.75, 3.05) is 33.4 Å². The van der Waals surface area contributed by atoms with Gasteiger partial charge in [-0.05, 0) is 48.0 Å². The van der Waals surface area contributed by atoms with Crippen molar-refractivity contribution in [1.82, 2.24) is 4.90 Å². The van der Waals surface area contributed by atoms with E-state index < -0.39 is 0 Å². The summed E-state index contributed by atoms with van der Waals surface area (Å²) in [5.41, 5.74) is 1.42. The molecule has 0 atom stereocenters. The van der Waals surface area contributed by atoms with E-state index >= 15 is 0 Å². The van der Waals surface area contributed by atoms with E-state index in [4.69, 9.17) is 14.2 Å². The van der Waals surface area contributed by atoms with Gasteiger partial charge >= 0.3 is 6.09 Å². The van der Waals surface area contributed by atoms with Crippen LogP contribution in [0, 0.1) is 0 Å². The van der Waals surface area contributed by atoms with Crippen molar-refractivity contribution in [1.29, 1.82) is 0 Å². The third-order valence-corrected chi connectivity index (χ3v) is 4.16. The Balaban J connectivity index is 1.57. The average Bonchev–Trinajstić information content (AvgIpc) is 2.73. The van der Waals surface area contributed by atoms with Gasteiger partial charge in [-0.3, -0.25) is 4.79 Å². The summed E-state index contributed by atoms with van der Waals surface area (Å²) in [6.45, 7) is 2.13. The zero-order chi connectivity index (χ0) is 19.1. The van der Waals surface area contributed by atoms with Gasteiger partial charge in [0.1, 0.15) is 11.5 Å². The first kappa shape index (κ1) is 18.7. The molecule has 140 valence electrons. The van der Waals surface area contributed by atoms with Gasteiger partial charge in [0.25, 0.3) is 0 Å². The van der Waals surface area contributed by atoms with Crippen LogP contribution in [0.25, 0.3) is 6.08 Å². The molecule has 1 saturated heterocycles. The second-order valence-corrected chi connectivity index (χ2v) is 5.96. The number of benzene rings is 2. The highest BCUT2D eigenvalue weighted by molar-refractivity contribution is 6.06. The van der Waals surface area contributed by atoms with Gasteiger partial charge in [-0.15, -0.1) is 0 Å². The molecule has 0 unspecified atom stereocenters. The van der Waals surface area contributed by atoms with Crippen LogP contribution >= 0.6 is 0 Å². The highest BCUT2D eigenvalue weighted by Gasteiger charge is 2.18. The molecule has 1 heterocycles. The van der Waals surface area contributed by atoms with E-state index in [9.17, 15) is 9.59 Å². The maximum atomic E-state index is 12.2. The molecule has 0 bridgehead atoms. The van der Waals surface area contributed by atoms with E-state index in [-0.39, 0.29) is 11.9 Å². The van der Waals surface area contributed by atoms with Crippen molar-refractivity contribution in [3.63, 3.8) is 0 Å². The van der Waals surface area contributed by atoms with Gasteiger partial charge in [0.05, 0.1) is 20.3 Å². The van der Waals surface area contributed by atoms with Crippen molar-refractivity contribution in [2.45, 2.75) is 0 Å². The molecule has 0 saturated carbocycles. The van der Waals surface area contributed by atoms with Gasteiger partial charge in [0, 0.05) is 18.7 Å². The standard InChI is InChI=1S/C21H21NO5/c1-25-18-9-5-17(6-10-18)20(23)11-4-16-2-7-19(8-3-16)27-21(24)22-12-14-26-15-13-22/h2-11H,12-15H2,1H3/b11-4+. The number of allylic oxidation sites excluding steroid dienone is 1. The topological polar surface area (TPSA) is 65.1 Å². The number of methoxy groups -OCH3 is 1. The van der Waals surface area contributed by atoms with Crippen LogP contribution in [0.1, 0.15) is 15.9 Å². The lowest BCUT2D eigenvalue weighted by atomic mass is 10.1. The molecule has 0 aromatic heterocycles. The number of morpholine rings is 1. The molecule has 1 aliphatic rings. The van der Waals surface area contributed by atoms with Gasteiger partial charge in [-0.25, -0.2) is 4.79 Å². The first-order chi connectivity index (χ1) is 13.2. The Morgan fingerprint density at radius 3 is 2.22 bits per heavy atom. The Morgan fingerprint density at radius 1 is 0.963 bits per heavy atom. The summed E-state index contributed by atoms with van der Waals surface area (Å²) in [6, 6.07) is 13.9. The van der Waals surface area contributed by atoms with Gasteiger partial charge in [0.2, 0.25) is 0 Å². The van der Waals surface area contributed by atoms with Crippen molar-refractivity contribution in [3.05, 3.63) is 65.7 Å². The smallest absolute Gasteiger partial charge is 0.415 e. The quantitative estimate of drug-likeness (QED) is 0.598. The van der Waals surface area contributed by atoms with Crippen molar-refractivity contribution in [2.24, 2.45) is 0 Å². The minimum absolute atomic E-state index is 0.0968. The molecule has 6 nitrogen and oxygen atoms in total. The van der Waals surface area contributed by atoms with Gasteiger partial charge < -0.3 is 19.1 Å². The van der Waals surface area contributed by atoms with E-state index in [0.717, 1.165) is 5.56 Å². The van der Waals surface area contributed by atoms with E-state index in [0.29, 0.717) is 43.4 Å². The number of carbonyl (C=O) groups is 2. The van der Waals surface area contributed by atoms with Crippen molar-refractivity contribution >= 4 is 18.0 Å². The Bertz CT molecular complexity index is 805. The van der Waals surface area contributed by atoms with Crippen molar-refractivity contribution in [3.8, 4) is 11.5 Å². The number of hydrogen-bond donors (Lipinski definition) is 0. The van der Waals surface area contributed by atoms with Crippen LogP contribution in [0.3, 0.4) is 0 Å². The minimum atomic E-state index is -0.378. The second kappa shape index (κ2) is 9.00. The van der Waals surface area contributed by atoms with E-state index in [1.165, 1.54) is 6.08 Å². The molecule has 1 aliphatic heterocycles.